The second-order valence-electron chi connectivity index (χ2n) is 4.01. The van der Waals surface area contributed by atoms with Gasteiger partial charge in [0.05, 0.1) is 6.26 Å². The van der Waals surface area contributed by atoms with Gasteiger partial charge in [0.15, 0.2) is 0 Å². The first-order valence-electron chi connectivity index (χ1n) is 5.27. The summed E-state index contributed by atoms with van der Waals surface area (Å²) in [5.41, 5.74) is 1.18. The molecule has 4 nitrogen and oxygen atoms in total. The Bertz CT molecular complexity index is 447. The van der Waals surface area contributed by atoms with Gasteiger partial charge in [-0.15, -0.1) is 0 Å². The second-order valence-corrected chi connectivity index (χ2v) is 5.58. The van der Waals surface area contributed by atoms with Gasteiger partial charge < -0.3 is 9.50 Å². The van der Waals surface area contributed by atoms with E-state index in [1.54, 1.807) is 12.1 Å². The molecule has 1 aromatic carbocycles. The Morgan fingerprint density at radius 2 is 2.00 bits per heavy atom. The average molecular weight is 241 g/mol. The lowest BCUT2D eigenvalue weighted by atomic mass is 10.1. The maximum atomic E-state index is 10.9. The molecule has 16 heavy (non-hydrogen) atoms. The normalized spacial score (nSPS) is 20.9. The summed E-state index contributed by atoms with van der Waals surface area (Å²) in [6.07, 6.45) is 3.36. The molecule has 2 rings (SSSR count). The van der Waals surface area contributed by atoms with E-state index in [-0.39, 0.29) is 0 Å². The van der Waals surface area contributed by atoms with Crippen molar-refractivity contribution in [2.75, 3.05) is 12.8 Å². The minimum atomic E-state index is -3.42. The van der Waals surface area contributed by atoms with Gasteiger partial charge in [0.2, 0.25) is 0 Å². The highest BCUT2D eigenvalue weighted by Gasteiger charge is 2.15. The molecule has 5 heteroatoms. The van der Waals surface area contributed by atoms with Crippen LogP contribution in [0.2, 0.25) is 0 Å². The molecule has 0 aliphatic carbocycles. The molecule has 0 spiro atoms. The van der Waals surface area contributed by atoms with Gasteiger partial charge in [0.25, 0.3) is 0 Å². The smallest absolute Gasteiger partial charge is 0.306 e. The van der Waals surface area contributed by atoms with Crippen LogP contribution in [0, 0.1) is 0 Å². The Labute approximate surface area is 95.7 Å². The van der Waals surface area contributed by atoms with E-state index in [2.05, 4.69) is 5.32 Å². The number of nitrogens with one attached hydrogen (secondary N) is 1. The third-order valence-corrected chi connectivity index (χ3v) is 3.09. The van der Waals surface area contributed by atoms with Crippen LogP contribution in [0.3, 0.4) is 0 Å². The van der Waals surface area contributed by atoms with Crippen LogP contribution in [0.4, 0.5) is 0 Å². The van der Waals surface area contributed by atoms with E-state index in [9.17, 15) is 8.42 Å². The first-order valence-corrected chi connectivity index (χ1v) is 7.09. The lowest BCUT2D eigenvalue weighted by Crippen LogP contribution is -2.12. The topological polar surface area (TPSA) is 55.4 Å². The summed E-state index contributed by atoms with van der Waals surface area (Å²) < 4.78 is 26.6. The van der Waals surface area contributed by atoms with Crippen molar-refractivity contribution in [3.05, 3.63) is 29.8 Å². The number of hydrogen-bond donors (Lipinski definition) is 1. The van der Waals surface area contributed by atoms with Gasteiger partial charge in [-0.25, -0.2) is 0 Å². The van der Waals surface area contributed by atoms with Crippen LogP contribution < -0.4 is 9.50 Å². The Kier molecular flexibility index (Phi) is 3.16. The molecule has 1 aliphatic heterocycles. The predicted molar refractivity (Wildman–Crippen MR) is 61.9 cm³/mol. The quantitative estimate of drug-likeness (QED) is 0.814. The summed E-state index contributed by atoms with van der Waals surface area (Å²) >= 11 is 0. The fraction of sp³-hybridized carbons (Fsp3) is 0.455. The first kappa shape index (κ1) is 11.4. The molecule has 1 fully saturated rings. The molecule has 1 saturated heterocycles. The van der Waals surface area contributed by atoms with E-state index in [4.69, 9.17) is 4.18 Å². The van der Waals surface area contributed by atoms with Gasteiger partial charge in [0.1, 0.15) is 5.75 Å². The van der Waals surface area contributed by atoms with Crippen molar-refractivity contribution in [1.82, 2.24) is 5.32 Å². The van der Waals surface area contributed by atoms with Gasteiger partial charge in [-0.05, 0) is 37.1 Å². The molecule has 1 aliphatic rings. The van der Waals surface area contributed by atoms with Gasteiger partial charge in [-0.3, -0.25) is 0 Å². The molecule has 0 bridgehead atoms. The molecular formula is C11H15NO3S. The molecule has 1 N–H and O–H groups in total. The SMILES string of the molecule is CS(=O)(=O)Oc1ccc(C2CCCN2)cc1. The summed E-state index contributed by atoms with van der Waals surface area (Å²) in [6.45, 7) is 1.05. The van der Waals surface area contributed by atoms with Crippen LogP contribution in [-0.4, -0.2) is 21.2 Å². The summed E-state index contributed by atoms with van der Waals surface area (Å²) in [5.74, 6) is 0.365. The second kappa shape index (κ2) is 4.43. The van der Waals surface area contributed by atoms with Crippen molar-refractivity contribution in [3.63, 3.8) is 0 Å². The van der Waals surface area contributed by atoms with Crippen molar-refractivity contribution >= 4 is 10.1 Å². The third kappa shape index (κ3) is 2.96. The Balaban J connectivity index is 2.10. The van der Waals surface area contributed by atoms with Crippen LogP contribution in [0.25, 0.3) is 0 Å². The highest BCUT2D eigenvalue weighted by Crippen LogP contribution is 2.24. The maximum Gasteiger partial charge on any atom is 0.306 e. The molecule has 1 aromatic rings. The van der Waals surface area contributed by atoms with E-state index in [1.807, 2.05) is 12.1 Å². The molecule has 88 valence electrons. The zero-order chi connectivity index (χ0) is 11.6. The van der Waals surface area contributed by atoms with Crippen LogP contribution in [0.15, 0.2) is 24.3 Å². The Hall–Kier alpha value is -1.07. The summed E-state index contributed by atoms with van der Waals surface area (Å²) in [7, 11) is -3.42. The standard InChI is InChI=1S/C11H15NO3S/c1-16(13,14)15-10-6-4-9(5-7-10)11-3-2-8-12-11/h4-7,11-12H,2-3,8H2,1H3. The first-order chi connectivity index (χ1) is 7.54. The fourth-order valence-corrected chi connectivity index (χ4v) is 2.36. The van der Waals surface area contributed by atoms with Crippen LogP contribution in [-0.2, 0) is 10.1 Å². The van der Waals surface area contributed by atoms with Crippen LogP contribution >= 0.6 is 0 Å². The van der Waals surface area contributed by atoms with E-state index in [1.165, 1.54) is 12.0 Å². The summed E-state index contributed by atoms with van der Waals surface area (Å²) in [5, 5.41) is 3.38. The zero-order valence-corrected chi connectivity index (χ0v) is 9.96. The molecule has 0 radical (unpaired) electrons. The lowest BCUT2D eigenvalue weighted by molar-refractivity contribution is 0.492. The van der Waals surface area contributed by atoms with E-state index in [0.717, 1.165) is 19.2 Å². The largest absolute Gasteiger partial charge is 0.383 e. The molecule has 0 aromatic heterocycles. The molecule has 1 heterocycles. The molecular weight excluding hydrogens is 226 g/mol. The van der Waals surface area contributed by atoms with E-state index in [0.29, 0.717) is 11.8 Å². The van der Waals surface area contributed by atoms with E-state index >= 15 is 0 Å². The van der Waals surface area contributed by atoms with Crippen LogP contribution in [0.1, 0.15) is 24.4 Å². The summed E-state index contributed by atoms with van der Waals surface area (Å²) in [6, 6.07) is 7.59. The van der Waals surface area contributed by atoms with E-state index < -0.39 is 10.1 Å². The lowest BCUT2D eigenvalue weighted by Gasteiger charge is -2.11. The summed E-state index contributed by atoms with van der Waals surface area (Å²) in [4.78, 5) is 0. The van der Waals surface area contributed by atoms with Gasteiger partial charge in [0, 0.05) is 6.04 Å². The van der Waals surface area contributed by atoms with Crippen molar-refractivity contribution in [3.8, 4) is 5.75 Å². The molecule has 1 unspecified atom stereocenters. The molecule has 1 atom stereocenters. The number of hydrogen-bond acceptors (Lipinski definition) is 4. The van der Waals surface area contributed by atoms with Gasteiger partial charge in [-0.2, -0.15) is 8.42 Å². The highest BCUT2D eigenvalue weighted by atomic mass is 32.2. The zero-order valence-electron chi connectivity index (χ0n) is 9.14. The molecule has 0 amide bonds. The van der Waals surface area contributed by atoms with Crippen LogP contribution in [0.5, 0.6) is 5.75 Å². The minimum Gasteiger partial charge on any atom is -0.383 e. The monoisotopic (exact) mass is 241 g/mol. The molecule has 0 saturated carbocycles. The van der Waals surface area contributed by atoms with Crippen molar-refractivity contribution in [1.29, 1.82) is 0 Å². The van der Waals surface area contributed by atoms with Gasteiger partial charge >= 0.3 is 10.1 Å². The average Bonchev–Trinajstić information content (AvgIpc) is 2.69. The highest BCUT2D eigenvalue weighted by molar-refractivity contribution is 7.86. The predicted octanol–water partition coefficient (Wildman–Crippen LogP) is 1.45. The number of rotatable bonds is 3. The maximum absolute atomic E-state index is 10.9. The third-order valence-electron chi connectivity index (χ3n) is 2.59. The number of benzene rings is 1. The minimum absolute atomic E-state index is 0.365. The Morgan fingerprint density at radius 3 is 2.50 bits per heavy atom. The van der Waals surface area contributed by atoms with Crippen molar-refractivity contribution in [2.24, 2.45) is 0 Å². The van der Waals surface area contributed by atoms with Gasteiger partial charge in [-0.1, -0.05) is 12.1 Å². The van der Waals surface area contributed by atoms with Crippen molar-refractivity contribution < 1.29 is 12.6 Å². The van der Waals surface area contributed by atoms with Crippen molar-refractivity contribution in [2.45, 2.75) is 18.9 Å². The fourth-order valence-electron chi connectivity index (χ4n) is 1.90. The Morgan fingerprint density at radius 1 is 1.31 bits per heavy atom.